The maximum Gasteiger partial charge on any atom is 0.201 e. The molecule has 0 unspecified atom stereocenters. The third-order valence-corrected chi connectivity index (χ3v) is 5.11. The quantitative estimate of drug-likeness (QED) is 0.510. The Kier molecular flexibility index (Phi) is 4.45. The molecule has 138 valence electrons. The van der Waals surface area contributed by atoms with Crippen LogP contribution in [0.2, 0.25) is 0 Å². The molecule has 6 nitrogen and oxygen atoms in total. The molecule has 0 saturated carbocycles. The summed E-state index contributed by atoms with van der Waals surface area (Å²) in [4.78, 5) is 7.84. The second-order valence-electron chi connectivity index (χ2n) is 6.27. The summed E-state index contributed by atoms with van der Waals surface area (Å²) in [7, 11) is 3.19. The highest BCUT2D eigenvalue weighted by molar-refractivity contribution is 7.71. The van der Waals surface area contributed by atoms with Crippen molar-refractivity contribution in [3.63, 3.8) is 0 Å². The van der Waals surface area contributed by atoms with Crippen LogP contribution in [0, 0.1) is 4.77 Å². The van der Waals surface area contributed by atoms with Gasteiger partial charge >= 0.3 is 0 Å². The molecule has 0 spiro atoms. The molecule has 2 heterocycles. The molecule has 27 heavy (non-hydrogen) atoms. The van der Waals surface area contributed by atoms with Crippen molar-refractivity contribution in [2.45, 2.75) is 13.0 Å². The SMILES string of the molecule is COc1cc2nc(=S)n(CCc3c[nH]c4ccccc34)c(N)c2cc1OC. The Bertz CT molecular complexity index is 1200. The van der Waals surface area contributed by atoms with Crippen molar-refractivity contribution in [3.8, 4) is 11.5 Å². The first kappa shape index (κ1) is 17.4. The number of methoxy groups -OCH3 is 2. The fourth-order valence-electron chi connectivity index (χ4n) is 3.36. The van der Waals surface area contributed by atoms with Crippen molar-refractivity contribution in [1.82, 2.24) is 14.5 Å². The van der Waals surface area contributed by atoms with E-state index in [1.165, 1.54) is 10.9 Å². The van der Waals surface area contributed by atoms with E-state index in [4.69, 9.17) is 27.4 Å². The zero-order chi connectivity index (χ0) is 19.0. The lowest BCUT2D eigenvalue weighted by atomic mass is 10.1. The number of benzene rings is 2. The number of nitrogen functional groups attached to an aromatic ring is 1. The minimum Gasteiger partial charge on any atom is -0.493 e. The lowest BCUT2D eigenvalue weighted by Gasteiger charge is -2.15. The van der Waals surface area contributed by atoms with Gasteiger partial charge in [-0.25, -0.2) is 4.98 Å². The maximum atomic E-state index is 6.44. The zero-order valence-corrected chi connectivity index (χ0v) is 16.0. The van der Waals surface area contributed by atoms with E-state index in [1.54, 1.807) is 20.3 Å². The van der Waals surface area contributed by atoms with Crippen molar-refractivity contribution < 1.29 is 9.47 Å². The molecule has 0 aliphatic heterocycles. The Balaban J connectivity index is 1.74. The predicted octanol–water partition coefficient (Wildman–Crippen LogP) is 4.09. The van der Waals surface area contributed by atoms with Gasteiger partial charge in [-0.3, -0.25) is 0 Å². The van der Waals surface area contributed by atoms with Crippen molar-refractivity contribution in [2.75, 3.05) is 20.0 Å². The van der Waals surface area contributed by atoms with Crippen LogP contribution >= 0.6 is 12.2 Å². The fraction of sp³-hybridized carbons (Fsp3) is 0.200. The topological polar surface area (TPSA) is 78.1 Å². The van der Waals surface area contributed by atoms with E-state index in [0.29, 0.717) is 34.1 Å². The number of hydrogen-bond acceptors (Lipinski definition) is 5. The fourth-order valence-corrected chi connectivity index (χ4v) is 3.65. The molecule has 0 bridgehead atoms. The normalized spacial score (nSPS) is 11.2. The van der Waals surface area contributed by atoms with Gasteiger partial charge in [-0.2, -0.15) is 0 Å². The molecule has 0 saturated heterocycles. The molecule has 0 aliphatic carbocycles. The van der Waals surface area contributed by atoms with E-state index in [2.05, 4.69) is 22.1 Å². The summed E-state index contributed by atoms with van der Waals surface area (Å²) in [5.41, 5.74) is 9.48. The Labute approximate surface area is 161 Å². The van der Waals surface area contributed by atoms with Crippen LogP contribution in [0.25, 0.3) is 21.8 Å². The molecule has 0 fully saturated rings. The number of aromatic amines is 1. The molecule has 3 N–H and O–H groups in total. The van der Waals surface area contributed by atoms with Gasteiger partial charge in [0.2, 0.25) is 4.77 Å². The van der Waals surface area contributed by atoms with Gasteiger partial charge in [0, 0.05) is 35.1 Å². The number of hydrogen-bond donors (Lipinski definition) is 2. The van der Waals surface area contributed by atoms with Crippen molar-refractivity contribution in [2.24, 2.45) is 0 Å². The highest BCUT2D eigenvalue weighted by Gasteiger charge is 2.13. The summed E-state index contributed by atoms with van der Waals surface area (Å²) in [5.74, 6) is 1.78. The van der Waals surface area contributed by atoms with Gasteiger partial charge < -0.3 is 24.8 Å². The smallest absolute Gasteiger partial charge is 0.201 e. The molecule has 7 heteroatoms. The van der Waals surface area contributed by atoms with Gasteiger partial charge in [-0.15, -0.1) is 0 Å². The highest BCUT2D eigenvalue weighted by atomic mass is 32.1. The second-order valence-corrected chi connectivity index (χ2v) is 6.63. The largest absolute Gasteiger partial charge is 0.493 e. The molecular weight excluding hydrogens is 360 g/mol. The predicted molar refractivity (Wildman–Crippen MR) is 110 cm³/mol. The van der Waals surface area contributed by atoms with Crippen molar-refractivity contribution >= 4 is 39.8 Å². The standard InChI is InChI=1S/C20H20N4O2S/c1-25-17-9-14-16(10-18(17)26-2)23-20(27)24(19(14)21)8-7-12-11-22-15-6-4-3-5-13(12)15/h3-6,9-11,22H,7-8,21H2,1-2H3. The lowest BCUT2D eigenvalue weighted by Crippen LogP contribution is -2.11. The molecule has 0 aliphatic rings. The number of aromatic nitrogens is 3. The van der Waals surface area contributed by atoms with E-state index >= 15 is 0 Å². The zero-order valence-electron chi connectivity index (χ0n) is 15.2. The van der Waals surface area contributed by atoms with Crippen molar-refractivity contribution in [1.29, 1.82) is 0 Å². The van der Waals surface area contributed by atoms with Crippen LogP contribution in [0.1, 0.15) is 5.56 Å². The van der Waals surface area contributed by atoms with Gasteiger partial charge in [0.1, 0.15) is 5.82 Å². The Hall–Kier alpha value is -3.06. The van der Waals surface area contributed by atoms with E-state index < -0.39 is 0 Å². The minimum atomic E-state index is 0.451. The first-order valence-electron chi connectivity index (χ1n) is 8.59. The third kappa shape index (κ3) is 3.00. The minimum absolute atomic E-state index is 0.451. The molecule has 0 amide bonds. The number of fused-ring (bicyclic) bond motifs is 2. The lowest BCUT2D eigenvalue weighted by molar-refractivity contribution is 0.355. The number of nitrogens with zero attached hydrogens (tertiary/aromatic N) is 2. The van der Waals surface area contributed by atoms with Crippen LogP contribution in [0.15, 0.2) is 42.6 Å². The summed E-state index contributed by atoms with van der Waals surface area (Å²) in [6.07, 6.45) is 2.83. The van der Waals surface area contributed by atoms with E-state index in [0.717, 1.165) is 17.3 Å². The van der Waals surface area contributed by atoms with Crippen LogP contribution < -0.4 is 15.2 Å². The number of nitrogens with one attached hydrogen (secondary N) is 1. The van der Waals surface area contributed by atoms with Gasteiger partial charge in [0.15, 0.2) is 11.5 Å². The number of anilines is 1. The molecule has 4 rings (SSSR count). The van der Waals surface area contributed by atoms with E-state index in [1.807, 2.05) is 29.0 Å². The molecular formula is C20H20N4O2S. The van der Waals surface area contributed by atoms with Crippen molar-refractivity contribution in [3.05, 3.63) is 52.9 Å². The molecule has 4 aromatic rings. The summed E-state index contributed by atoms with van der Waals surface area (Å²) in [6, 6.07) is 11.9. The first-order chi connectivity index (χ1) is 13.1. The molecule has 0 radical (unpaired) electrons. The van der Waals surface area contributed by atoms with E-state index in [-0.39, 0.29) is 0 Å². The van der Waals surface area contributed by atoms with Gasteiger partial charge in [0.25, 0.3) is 0 Å². The number of ether oxygens (including phenoxy) is 2. The summed E-state index contributed by atoms with van der Waals surface area (Å²) < 4.78 is 13.0. The van der Waals surface area contributed by atoms with Crippen LogP contribution in [0.4, 0.5) is 5.82 Å². The van der Waals surface area contributed by atoms with Gasteiger partial charge in [0.05, 0.1) is 19.7 Å². The third-order valence-electron chi connectivity index (χ3n) is 4.80. The summed E-state index contributed by atoms with van der Waals surface area (Å²) >= 11 is 5.49. The average Bonchev–Trinajstić information content (AvgIpc) is 3.10. The van der Waals surface area contributed by atoms with E-state index in [9.17, 15) is 0 Å². The number of H-pyrrole nitrogens is 1. The first-order valence-corrected chi connectivity index (χ1v) is 9.00. The molecule has 2 aromatic heterocycles. The maximum absolute atomic E-state index is 6.44. The van der Waals surface area contributed by atoms with Gasteiger partial charge in [-0.05, 0) is 36.3 Å². The summed E-state index contributed by atoms with van der Waals surface area (Å²) in [5, 5.41) is 2.00. The number of rotatable bonds is 5. The van der Waals surface area contributed by atoms with Crippen LogP contribution in [-0.2, 0) is 13.0 Å². The Morgan fingerprint density at radius 3 is 2.63 bits per heavy atom. The Morgan fingerprint density at radius 2 is 1.85 bits per heavy atom. The second kappa shape index (κ2) is 6.92. The monoisotopic (exact) mass is 380 g/mol. The van der Waals surface area contributed by atoms with Crippen LogP contribution in [0.5, 0.6) is 11.5 Å². The number of aryl methyl sites for hydroxylation is 1. The van der Waals surface area contributed by atoms with Crippen LogP contribution in [0.3, 0.4) is 0 Å². The summed E-state index contributed by atoms with van der Waals surface area (Å²) in [6.45, 7) is 0.643. The molecule has 0 atom stereocenters. The highest BCUT2D eigenvalue weighted by Crippen LogP contribution is 2.33. The Morgan fingerprint density at radius 1 is 1.11 bits per heavy atom. The number of para-hydroxylation sites is 1. The molecule has 2 aromatic carbocycles. The van der Waals surface area contributed by atoms with Crippen LogP contribution in [-0.4, -0.2) is 28.8 Å². The van der Waals surface area contributed by atoms with Gasteiger partial charge in [-0.1, -0.05) is 18.2 Å². The average molecular weight is 380 g/mol. The number of nitrogens with two attached hydrogens (primary N) is 1.